The number of nitrogens with one attached hydrogen (secondary N) is 2. The first-order chi connectivity index (χ1) is 23.5. The molecule has 0 aliphatic rings. The van der Waals surface area contributed by atoms with Crippen LogP contribution in [0.25, 0.3) is 10.9 Å². The number of hydrogen-bond acceptors (Lipinski definition) is 10. The van der Waals surface area contributed by atoms with Crippen LogP contribution in [0.15, 0.2) is 96.2 Å². The molecule has 2 heterocycles. The van der Waals surface area contributed by atoms with Gasteiger partial charge in [-0.25, -0.2) is 8.42 Å². The number of methoxy groups -OCH3 is 1. The van der Waals surface area contributed by atoms with E-state index in [-0.39, 0.29) is 54.7 Å². The molecule has 5 aromatic rings. The summed E-state index contributed by atoms with van der Waals surface area (Å²) in [5.74, 6) is 0.0670. The number of fused-ring (bicyclic) bond motifs is 1. The average molecular weight is 705 g/mol. The summed E-state index contributed by atoms with van der Waals surface area (Å²) >= 11 is 6.24. The monoisotopic (exact) mass is 704 g/mol. The number of non-ortho nitro benzene ring substituents is 1. The Morgan fingerprint density at radius 1 is 0.980 bits per heavy atom. The van der Waals surface area contributed by atoms with E-state index in [1.165, 1.54) is 41.7 Å². The first-order valence-electron chi connectivity index (χ1n) is 15.1. The third-order valence-corrected chi connectivity index (χ3v) is 9.60. The molecule has 0 atom stereocenters. The minimum Gasteiger partial charge on any atom is -0.497 e. The SMILES string of the molecule is COc1ccc(S(=O)(=O)N(CCNc2cc(C)nc3ccc(Cl)cc23)CCC(=O)Nc2ccc([N+](=O)[O-])cc2OCc2ccncc2)cc1. The van der Waals surface area contributed by atoms with Gasteiger partial charge >= 0.3 is 0 Å². The van der Waals surface area contributed by atoms with Crippen molar-refractivity contribution < 1.29 is 27.6 Å². The van der Waals surface area contributed by atoms with Gasteiger partial charge in [-0.3, -0.25) is 24.9 Å². The molecule has 15 heteroatoms. The minimum absolute atomic E-state index is 0.0168. The van der Waals surface area contributed by atoms with Gasteiger partial charge in [0.15, 0.2) is 0 Å². The molecule has 2 N–H and O–H groups in total. The molecule has 0 spiro atoms. The fourth-order valence-corrected chi connectivity index (χ4v) is 6.58. The Balaban J connectivity index is 1.33. The van der Waals surface area contributed by atoms with Crippen LogP contribution in [0.3, 0.4) is 0 Å². The summed E-state index contributed by atoms with van der Waals surface area (Å²) in [5.41, 5.74) is 3.00. The summed E-state index contributed by atoms with van der Waals surface area (Å²) in [7, 11) is -2.56. The molecule has 2 aromatic heterocycles. The molecule has 0 saturated heterocycles. The Hall–Kier alpha value is -5.31. The second kappa shape index (κ2) is 15.7. The van der Waals surface area contributed by atoms with Crippen LogP contribution in [0, 0.1) is 17.0 Å². The van der Waals surface area contributed by atoms with E-state index >= 15 is 0 Å². The molecule has 254 valence electrons. The number of amides is 1. The maximum absolute atomic E-state index is 13.8. The molecule has 5 rings (SSSR count). The minimum atomic E-state index is -4.05. The number of carbonyl (C=O) groups excluding carboxylic acids is 1. The lowest BCUT2D eigenvalue weighted by Gasteiger charge is -2.23. The van der Waals surface area contributed by atoms with E-state index < -0.39 is 20.9 Å². The van der Waals surface area contributed by atoms with Crippen LogP contribution < -0.4 is 20.1 Å². The van der Waals surface area contributed by atoms with Crippen LogP contribution in [-0.4, -0.2) is 60.3 Å². The summed E-state index contributed by atoms with van der Waals surface area (Å²) in [5, 5.41) is 18.8. The lowest BCUT2D eigenvalue weighted by molar-refractivity contribution is -0.384. The summed E-state index contributed by atoms with van der Waals surface area (Å²) in [6.07, 6.45) is 2.96. The number of halogens is 1. The highest BCUT2D eigenvalue weighted by molar-refractivity contribution is 7.89. The summed E-state index contributed by atoms with van der Waals surface area (Å²) in [6, 6.07) is 20.5. The number of nitrogens with zero attached hydrogens (tertiary/aromatic N) is 4. The van der Waals surface area contributed by atoms with Gasteiger partial charge in [0.2, 0.25) is 15.9 Å². The van der Waals surface area contributed by atoms with E-state index in [9.17, 15) is 23.3 Å². The first-order valence-corrected chi connectivity index (χ1v) is 16.9. The van der Waals surface area contributed by atoms with Crippen molar-refractivity contribution in [3.63, 3.8) is 0 Å². The van der Waals surface area contributed by atoms with Crippen LogP contribution in [0.2, 0.25) is 5.02 Å². The van der Waals surface area contributed by atoms with Crippen LogP contribution >= 0.6 is 11.6 Å². The molecule has 0 bridgehead atoms. The maximum atomic E-state index is 13.8. The summed E-state index contributed by atoms with van der Waals surface area (Å²) in [4.78, 5) is 32.6. The molecule has 0 unspecified atom stereocenters. The predicted molar refractivity (Wildman–Crippen MR) is 187 cm³/mol. The number of benzene rings is 3. The van der Waals surface area contributed by atoms with E-state index in [0.29, 0.717) is 10.8 Å². The van der Waals surface area contributed by atoms with Gasteiger partial charge in [0, 0.05) is 66.3 Å². The smallest absolute Gasteiger partial charge is 0.273 e. The van der Waals surface area contributed by atoms with Crippen LogP contribution in [-0.2, 0) is 21.4 Å². The first kappa shape index (κ1) is 35.0. The van der Waals surface area contributed by atoms with E-state index in [1.54, 1.807) is 48.8 Å². The van der Waals surface area contributed by atoms with Crippen molar-refractivity contribution in [2.24, 2.45) is 0 Å². The number of nitro benzene ring substituents is 1. The number of anilines is 2. The molecule has 3 aromatic carbocycles. The van der Waals surface area contributed by atoms with Gasteiger partial charge in [0.05, 0.1) is 34.2 Å². The quantitative estimate of drug-likeness (QED) is 0.0944. The highest BCUT2D eigenvalue weighted by Crippen LogP contribution is 2.31. The molecule has 13 nitrogen and oxygen atoms in total. The second-order valence-corrected chi connectivity index (χ2v) is 13.2. The Morgan fingerprint density at radius 3 is 2.45 bits per heavy atom. The number of ether oxygens (including phenoxy) is 2. The molecule has 0 fully saturated rings. The third kappa shape index (κ3) is 8.99. The number of carbonyl (C=O) groups is 1. The molecule has 0 radical (unpaired) electrons. The number of hydrogen-bond donors (Lipinski definition) is 2. The van der Waals surface area contributed by atoms with Crippen molar-refractivity contribution in [3.05, 3.63) is 118 Å². The fraction of sp³-hybridized carbons (Fsp3) is 0.206. The van der Waals surface area contributed by atoms with Crippen molar-refractivity contribution in [1.29, 1.82) is 0 Å². The normalized spacial score (nSPS) is 11.3. The van der Waals surface area contributed by atoms with Gasteiger partial charge in [-0.1, -0.05) is 11.6 Å². The Labute approximate surface area is 288 Å². The van der Waals surface area contributed by atoms with Gasteiger partial charge in [-0.2, -0.15) is 4.31 Å². The number of aryl methyl sites for hydroxylation is 1. The lowest BCUT2D eigenvalue weighted by atomic mass is 10.1. The third-order valence-electron chi connectivity index (χ3n) is 7.45. The van der Waals surface area contributed by atoms with Gasteiger partial charge < -0.3 is 20.1 Å². The van der Waals surface area contributed by atoms with Gasteiger partial charge in [0.1, 0.15) is 18.1 Å². The van der Waals surface area contributed by atoms with Crippen LogP contribution in [0.4, 0.5) is 17.1 Å². The van der Waals surface area contributed by atoms with E-state index in [4.69, 9.17) is 21.1 Å². The number of nitro groups is 1. The Kier molecular flexibility index (Phi) is 11.2. The van der Waals surface area contributed by atoms with Crippen LogP contribution in [0.5, 0.6) is 11.5 Å². The Morgan fingerprint density at radius 2 is 1.73 bits per heavy atom. The zero-order chi connectivity index (χ0) is 35.0. The van der Waals surface area contributed by atoms with E-state index in [2.05, 4.69) is 20.6 Å². The molecule has 49 heavy (non-hydrogen) atoms. The molecule has 0 aliphatic carbocycles. The number of pyridine rings is 2. The van der Waals surface area contributed by atoms with Gasteiger partial charge in [-0.05, 0) is 79.2 Å². The van der Waals surface area contributed by atoms with Crippen molar-refractivity contribution >= 4 is 55.5 Å². The largest absolute Gasteiger partial charge is 0.497 e. The van der Waals surface area contributed by atoms with E-state index in [1.807, 2.05) is 19.1 Å². The molecular formula is C34H33ClN6O7S. The fourth-order valence-electron chi connectivity index (χ4n) is 4.97. The van der Waals surface area contributed by atoms with E-state index in [0.717, 1.165) is 27.8 Å². The molecule has 0 saturated carbocycles. The number of aromatic nitrogens is 2. The predicted octanol–water partition coefficient (Wildman–Crippen LogP) is 6.22. The summed E-state index contributed by atoms with van der Waals surface area (Å²) in [6.45, 7) is 2.00. The maximum Gasteiger partial charge on any atom is 0.273 e. The van der Waals surface area contributed by atoms with Crippen molar-refractivity contribution in [3.8, 4) is 11.5 Å². The van der Waals surface area contributed by atoms with Gasteiger partial charge in [-0.15, -0.1) is 0 Å². The topological polar surface area (TPSA) is 166 Å². The standard InChI is InChI=1S/C34H33ClN6O7S/c1-23-19-32(29-20-25(35)3-9-30(29)38-23)37-16-18-40(49(45,46)28-7-5-27(47-2)6-8-28)17-13-34(42)39-31-10-4-26(41(43)44)21-33(31)48-22-24-11-14-36-15-12-24/h3-12,14-15,19-21H,13,16-18,22H2,1-2H3,(H,37,38)(H,39,42). The van der Waals surface area contributed by atoms with Crippen molar-refractivity contribution in [2.75, 3.05) is 37.4 Å². The highest BCUT2D eigenvalue weighted by Gasteiger charge is 2.25. The van der Waals surface area contributed by atoms with Crippen molar-refractivity contribution in [2.45, 2.75) is 24.8 Å². The zero-order valence-corrected chi connectivity index (χ0v) is 28.2. The second-order valence-electron chi connectivity index (χ2n) is 10.9. The lowest BCUT2D eigenvalue weighted by Crippen LogP contribution is -2.37. The van der Waals surface area contributed by atoms with Crippen molar-refractivity contribution in [1.82, 2.24) is 14.3 Å². The molecule has 1 amide bonds. The van der Waals surface area contributed by atoms with Gasteiger partial charge in [0.25, 0.3) is 5.69 Å². The van der Waals surface area contributed by atoms with Crippen LogP contribution in [0.1, 0.15) is 17.7 Å². The number of sulfonamides is 1. The highest BCUT2D eigenvalue weighted by atomic mass is 35.5. The zero-order valence-electron chi connectivity index (χ0n) is 26.6. The molecule has 0 aliphatic heterocycles. The Bertz CT molecular complexity index is 2070. The summed E-state index contributed by atoms with van der Waals surface area (Å²) < 4.78 is 39.9. The molecular weight excluding hydrogens is 672 g/mol. The average Bonchev–Trinajstić information content (AvgIpc) is 3.09. The number of rotatable bonds is 15.